The van der Waals surface area contributed by atoms with Gasteiger partial charge in [-0.3, -0.25) is 4.79 Å². The molecule has 32 heavy (non-hydrogen) atoms. The van der Waals surface area contributed by atoms with Crippen molar-refractivity contribution in [1.82, 2.24) is 19.1 Å². The molecule has 0 saturated heterocycles. The lowest BCUT2D eigenvalue weighted by molar-refractivity contribution is 0.101. The third-order valence-corrected chi connectivity index (χ3v) is 7.30. The minimum Gasteiger partial charge on any atom is -0.319 e. The van der Waals surface area contributed by atoms with E-state index >= 15 is 0 Å². The third kappa shape index (κ3) is 4.56. The van der Waals surface area contributed by atoms with E-state index in [1.165, 1.54) is 39.3 Å². The molecule has 170 valence electrons. The molecule has 8 nitrogen and oxygen atoms in total. The second-order valence-corrected chi connectivity index (χ2v) is 9.26. The van der Waals surface area contributed by atoms with Crippen LogP contribution in [0.2, 0.25) is 0 Å². The van der Waals surface area contributed by atoms with E-state index in [9.17, 15) is 17.6 Å². The average molecular weight is 460 g/mol. The van der Waals surface area contributed by atoms with Crippen molar-refractivity contribution in [3.63, 3.8) is 0 Å². The second kappa shape index (κ2) is 9.17. The Morgan fingerprint density at radius 1 is 1.09 bits per heavy atom. The van der Waals surface area contributed by atoms with E-state index in [2.05, 4.69) is 15.4 Å². The molecule has 0 aliphatic heterocycles. The van der Waals surface area contributed by atoms with Gasteiger partial charge in [0.25, 0.3) is 5.91 Å². The van der Waals surface area contributed by atoms with Crippen molar-refractivity contribution in [2.24, 2.45) is 0 Å². The fraction of sp³-hybridized carbons (Fsp3) is 0.318. The lowest BCUT2D eigenvalue weighted by Crippen LogP contribution is -2.30. The number of aryl methyl sites for hydroxylation is 2. The maximum atomic E-state index is 13.2. The normalized spacial score (nSPS) is 11.7. The highest BCUT2D eigenvalue weighted by Crippen LogP contribution is 2.26. The minimum absolute atomic E-state index is 0.0825. The van der Waals surface area contributed by atoms with Crippen molar-refractivity contribution in [2.75, 3.05) is 18.4 Å². The molecule has 1 heterocycles. The van der Waals surface area contributed by atoms with Crippen LogP contribution in [0.15, 0.2) is 41.3 Å². The van der Waals surface area contributed by atoms with Gasteiger partial charge in [0.05, 0.1) is 10.6 Å². The van der Waals surface area contributed by atoms with Crippen LogP contribution in [0.4, 0.5) is 10.1 Å². The van der Waals surface area contributed by atoms with Gasteiger partial charge in [-0.15, -0.1) is 5.10 Å². The van der Waals surface area contributed by atoms with E-state index in [1.54, 1.807) is 40.7 Å². The lowest BCUT2D eigenvalue weighted by Gasteiger charge is -2.20. The van der Waals surface area contributed by atoms with Gasteiger partial charge in [-0.1, -0.05) is 13.8 Å². The van der Waals surface area contributed by atoms with Gasteiger partial charge in [0, 0.05) is 18.8 Å². The Morgan fingerprint density at radius 2 is 1.72 bits per heavy atom. The van der Waals surface area contributed by atoms with Crippen molar-refractivity contribution in [1.29, 1.82) is 0 Å². The molecular formula is C22H26FN5O3S. The predicted molar refractivity (Wildman–Crippen MR) is 120 cm³/mol. The minimum atomic E-state index is -3.69. The topological polar surface area (TPSA) is 97.2 Å². The summed E-state index contributed by atoms with van der Waals surface area (Å²) in [5.74, 6) is -0.586. The van der Waals surface area contributed by atoms with Crippen LogP contribution in [0.25, 0.3) is 5.69 Å². The maximum absolute atomic E-state index is 13.2. The number of amides is 1. The number of carbonyl (C=O) groups excluding carboxylic acids is 1. The maximum Gasteiger partial charge on any atom is 0.295 e. The first kappa shape index (κ1) is 23.6. The number of aromatic nitrogens is 3. The van der Waals surface area contributed by atoms with Crippen LogP contribution in [-0.4, -0.2) is 46.5 Å². The van der Waals surface area contributed by atoms with Crippen molar-refractivity contribution in [3.8, 4) is 5.69 Å². The van der Waals surface area contributed by atoms with E-state index in [0.29, 0.717) is 30.3 Å². The van der Waals surface area contributed by atoms with Crippen molar-refractivity contribution < 1.29 is 17.6 Å². The number of rotatable bonds is 7. The highest BCUT2D eigenvalue weighted by atomic mass is 32.2. The monoisotopic (exact) mass is 459 g/mol. The van der Waals surface area contributed by atoms with Crippen LogP contribution in [-0.2, 0) is 10.0 Å². The second-order valence-electron chi connectivity index (χ2n) is 7.33. The Balaban J connectivity index is 1.94. The Kier molecular flexibility index (Phi) is 6.75. The quantitative estimate of drug-likeness (QED) is 0.582. The lowest BCUT2D eigenvalue weighted by atomic mass is 10.1. The molecule has 1 amide bonds. The van der Waals surface area contributed by atoms with Crippen LogP contribution < -0.4 is 5.32 Å². The Labute approximate surface area is 187 Å². The fourth-order valence-electron chi connectivity index (χ4n) is 3.31. The number of nitrogens with zero attached hydrogens (tertiary/aromatic N) is 4. The van der Waals surface area contributed by atoms with E-state index in [1.807, 2.05) is 0 Å². The molecule has 0 bridgehead atoms. The summed E-state index contributed by atoms with van der Waals surface area (Å²) in [5, 5.41) is 6.96. The zero-order valence-electron chi connectivity index (χ0n) is 18.7. The summed E-state index contributed by atoms with van der Waals surface area (Å²) >= 11 is 0. The number of hydrogen-bond acceptors (Lipinski definition) is 5. The number of anilines is 1. The van der Waals surface area contributed by atoms with Gasteiger partial charge in [-0.05, 0) is 68.3 Å². The first-order valence-corrected chi connectivity index (χ1v) is 11.6. The van der Waals surface area contributed by atoms with Gasteiger partial charge < -0.3 is 5.32 Å². The number of sulfonamides is 1. The molecule has 1 aromatic heterocycles. The number of halogens is 1. The summed E-state index contributed by atoms with van der Waals surface area (Å²) in [5.41, 5.74) is 2.41. The van der Waals surface area contributed by atoms with Gasteiger partial charge >= 0.3 is 0 Å². The summed E-state index contributed by atoms with van der Waals surface area (Å²) in [6, 6.07) is 8.72. The first-order chi connectivity index (χ1) is 15.1. The molecule has 10 heteroatoms. The average Bonchev–Trinajstić information content (AvgIpc) is 3.14. The highest BCUT2D eigenvalue weighted by Gasteiger charge is 2.24. The molecule has 0 atom stereocenters. The van der Waals surface area contributed by atoms with Gasteiger partial charge in [0.1, 0.15) is 11.6 Å². The molecule has 0 spiro atoms. The molecular weight excluding hydrogens is 433 g/mol. The van der Waals surface area contributed by atoms with Gasteiger partial charge in [-0.2, -0.15) is 4.31 Å². The first-order valence-electron chi connectivity index (χ1n) is 10.2. The molecule has 0 aliphatic carbocycles. The fourth-order valence-corrected chi connectivity index (χ4v) is 4.88. The molecule has 3 aromatic rings. The Bertz CT molecular complexity index is 1250. The van der Waals surface area contributed by atoms with Crippen LogP contribution >= 0.6 is 0 Å². The van der Waals surface area contributed by atoms with E-state index in [0.717, 1.165) is 11.1 Å². The predicted octanol–water partition coefficient (Wildman–Crippen LogP) is 3.61. The summed E-state index contributed by atoms with van der Waals surface area (Å²) in [7, 11) is -3.69. The number of carbonyl (C=O) groups is 1. The largest absolute Gasteiger partial charge is 0.319 e. The summed E-state index contributed by atoms with van der Waals surface area (Å²) in [6.07, 6.45) is 0. The molecule has 0 radical (unpaired) electrons. The molecule has 3 rings (SSSR count). The van der Waals surface area contributed by atoms with Crippen molar-refractivity contribution >= 4 is 21.6 Å². The highest BCUT2D eigenvalue weighted by molar-refractivity contribution is 7.89. The van der Waals surface area contributed by atoms with Gasteiger partial charge in [0.2, 0.25) is 15.8 Å². The zero-order chi connectivity index (χ0) is 23.6. The van der Waals surface area contributed by atoms with Crippen molar-refractivity contribution in [2.45, 2.75) is 39.5 Å². The standard InChI is InChI=1S/C22H26FN5O3S/c1-6-27(7-2)32(30,31)19-12-14(3)15(4)20(13-19)25-22(29)21-24-16(5)28(26-21)18-10-8-17(23)9-11-18/h8-13H,6-7H2,1-5H3,(H,25,29). The Hall–Kier alpha value is -3.11. The summed E-state index contributed by atoms with van der Waals surface area (Å²) in [6.45, 7) is 9.51. The summed E-state index contributed by atoms with van der Waals surface area (Å²) < 4.78 is 41.9. The van der Waals surface area contributed by atoms with Gasteiger partial charge in [-0.25, -0.2) is 22.5 Å². The van der Waals surface area contributed by atoms with Crippen LogP contribution in [0.3, 0.4) is 0 Å². The SMILES string of the molecule is CCN(CC)S(=O)(=O)c1cc(C)c(C)c(NC(=O)c2nc(C)n(-c3ccc(F)cc3)n2)c1. The summed E-state index contributed by atoms with van der Waals surface area (Å²) in [4.78, 5) is 17.2. The van der Waals surface area contributed by atoms with Gasteiger partial charge in [0.15, 0.2) is 0 Å². The van der Waals surface area contributed by atoms with E-state index in [4.69, 9.17) is 0 Å². The molecule has 2 aromatic carbocycles. The molecule has 0 fully saturated rings. The van der Waals surface area contributed by atoms with E-state index in [-0.39, 0.29) is 16.5 Å². The molecule has 0 unspecified atom stereocenters. The molecule has 0 saturated carbocycles. The number of nitrogens with one attached hydrogen (secondary N) is 1. The Morgan fingerprint density at radius 3 is 2.31 bits per heavy atom. The smallest absolute Gasteiger partial charge is 0.295 e. The van der Waals surface area contributed by atoms with Crippen molar-refractivity contribution in [3.05, 3.63) is 65.0 Å². The number of hydrogen-bond donors (Lipinski definition) is 1. The van der Waals surface area contributed by atoms with Crippen LogP contribution in [0, 0.1) is 26.6 Å². The zero-order valence-corrected chi connectivity index (χ0v) is 19.5. The van der Waals surface area contributed by atoms with Crippen LogP contribution in [0.1, 0.15) is 41.4 Å². The molecule has 0 aliphatic rings. The number of benzene rings is 2. The third-order valence-electron chi connectivity index (χ3n) is 5.28. The molecule has 1 N–H and O–H groups in total. The van der Waals surface area contributed by atoms with E-state index < -0.39 is 15.9 Å². The van der Waals surface area contributed by atoms with Crippen LogP contribution in [0.5, 0.6) is 0 Å².